The van der Waals surface area contributed by atoms with E-state index in [4.69, 9.17) is 4.74 Å². The summed E-state index contributed by atoms with van der Waals surface area (Å²) in [6, 6.07) is 17.1. The van der Waals surface area contributed by atoms with Crippen LogP contribution in [0.15, 0.2) is 60.8 Å². The number of piperidine rings is 1. The number of amides is 3. The number of nitrogens with one attached hydrogen (secondary N) is 2. The highest BCUT2D eigenvalue weighted by molar-refractivity contribution is 6.06. The number of rotatable bonds is 5. The van der Waals surface area contributed by atoms with Gasteiger partial charge in [-0.2, -0.15) is 0 Å². The molecule has 0 saturated carbocycles. The van der Waals surface area contributed by atoms with E-state index in [9.17, 15) is 14.4 Å². The molecular weight excluding hydrogens is 492 g/mol. The summed E-state index contributed by atoms with van der Waals surface area (Å²) >= 11 is 0. The molecule has 3 aliphatic rings. The van der Waals surface area contributed by atoms with Crippen LogP contribution in [0.2, 0.25) is 0 Å². The van der Waals surface area contributed by atoms with E-state index >= 15 is 0 Å². The zero-order valence-electron chi connectivity index (χ0n) is 22.4. The average Bonchev–Trinajstić information content (AvgIpc) is 3.44. The molecule has 1 saturated heterocycles. The summed E-state index contributed by atoms with van der Waals surface area (Å²) in [5.41, 5.74) is 3.50. The molecule has 8 nitrogen and oxygen atoms in total. The van der Waals surface area contributed by atoms with Gasteiger partial charge in [0.05, 0.1) is 18.6 Å². The van der Waals surface area contributed by atoms with Crippen LogP contribution in [0.25, 0.3) is 0 Å². The van der Waals surface area contributed by atoms with Crippen LogP contribution in [0, 0.1) is 5.41 Å². The van der Waals surface area contributed by atoms with E-state index in [2.05, 4.69) is 15.6 Å². The van der Waals surface area contributed by atoms with Crippen molar-refractivity contribution >= 4 is 29.2 Å². The molecule has 2 aliphatic heterocycles. The molecule has 1 aromatic heterocycles. The first kappa shape index (κ1) is 25.1. The van der Waals surface area contributed by atoms with Gasteiger partial charge in [-0.15, -0.1) is 0 Å². The Hall–Kier alpha value is -4.20. The van der Waals surface area contributed by atoms with Gasteiger partial charge in [0.2, 0.25) is 17.7 Å². The number of pyridine rings is 1. The molecular formula is C31H32N4O4. The number of benzene rings is 2. The van der Waals surface area contributed by atoms with E-state index in [1.165, 1.54) is 0 Å². The molecule has 3 aromatic rings. The van der Waals surface area contributed by atoms with Gasteiger partial charge in [0.25, 0.3) is 0 Å². The molecule has 2 N–H and O–H groups in total. The van der Waals surface area contributed by atoms with E-state index in [0.717, 1.165) is 40.8 Å². The molecule has 1 unspecified atom stereocenters. The molecule has 8 heteroatoms. The summed E-state index contributed by atoms with van der Waals surface area (Å²) in [5, 5.41) is 5.93. The largest absolute Gasteiger partial charge is 0.497 e. The van der Waals surface area contributed by atoms with Crippen molar-refractivity contribution in [1.29, 1.82) is 0 Å². The molecule has 3 heterocycles. The van der Waals surface area contributed by atoms with Gasteiger partial charge in [-0.3, -0.25) is 14.4 Å². The predicted octanol–water partition coefficient (Wildman–Crippen LogP) is 4.41. The van der Waals surface area contributed by atoms with E-state index in [1.54, 1.807) is 18.2 Å². The maximum Gasteiger partial charge on any atom is 0.244 e. The van der Waals surface area contributed by atoms with Crippen LogP contribution in [0.3, 0.4) is 0 Å². The quantitative estimate of drug-likeness (QED) is 0.515. The Morgan fingerprint density at radius 3 is 2.64 bits per heavy atom. The van der Waals surface area contributed by atoms with Crippen molar-refractivity contribution in [2.75, 3.05) is 24.3 Å². The SMILES string of the molecule is COc1ccc([C@@H]2CCC(C)(C)C(=O)N2CC(=O)Nc2ccc3c(c2)CC2(C3)C(=O)Nc3ncccc32)cc1. The van der Waals surface area contributed by atoms with Crippen LogP contribution in [0.4, 0.5) is 11.5 Å². The van der Waals surface area contributed by atoms with Crippen molar-refractivity contribution in [1.82, 2.24) is 9.88 Å². The minimum absolute atomic E-state index is 0.0277. The van der Waals surface area contributed by atoms with Crippen molar-refractivity contribution in [2.45, 2.75) is 51.0 Å². The number of fused-ring (bicyclic) bond motifs is 3. The number of carbonyl (C=O) groups is 3. The van der Waals surface area contributed by atoms with Crippen LogP contribution >= 0.6 is 0 Å². The minimum Gasteiger partial charge on any atom is -0.497 e. The van der Waals surface area contributed by atoms with Crippen molar-refractivity contribution in [3.63, 3.8) is 0 Å². The van der Waals surface area contributed by atoms with Crippen molar-refractivity contribution in [2.24, 2.45) is 5.41 Å². The summed E-state index contributed by atoms with van der Waals surface area (Å²) in [4.78, 5) is 45.8. The molecule has 200 valence electrons. The highest BCUT2D eigenvalue weighted by Crippen LogP contribution is 2.47. The Morgan fingerprint density at radius 2 is 1.87 bits per heavy atom. The number of aromatic nitrogens is 1. The second-order valence-corrected chi connectivity index (χ2v) is 11.5. The van der Waals surface area contributed by atoms with Crippen LogP contribution in [0.5, 0.6) is 5.75 Å². The zero-order chi connectivity index (χ0) is 27.4. The number of hydrogen-bond donors (Lipinski definition) is 2. The van der Waals surface area contributed by atoms with Gasteiger partial charge in [0.1, 0.15) is 18.1 Å². The van der Waals surface area contributed by atoms with Crippen molar-refractivity contribution in [3.8, 4) is 5.75 Å². The first-order chi connectivity index (χ1) is 18.7. The maximum absolute atomic E-state index is 13.4. The Bertz CT molecular complexity index is 1480. The molecule has 1 spiro atoms. The minimum atomic E-state index is -0.661. The molecule has 1 aliphatic carbocycles. The van der Waals surface area contributed by atoms with Crippen LogP contribution in [-0.2, 0) is 32.6 Å². The number of ether oxygens (including phenoxy) is 1. The Labute approximate surface area is 227 Å². The number of carbonyl (C=O) groups excluding carboxylic acids is 3. The van der Waals surface area contributed by atoms with E-state index in [1.807, 2.05) is 68.4 Å². The van der Waals surface area contributed by atoms with E-state index < -0.39 is 10.8 Å². The fourth-order valence-electron chi connectivity index (χ4n) is 6.35. The highest BCUT2D eigenvalue weighted by Gasteiger charge is 2.51. The van der Waals surface area contributed by atoms with Gasteiger partial charge in [-0.1, -0.05) is 38.1 Å². The molecule has 0 radical (unpaired) electrons. The molecule has 39 heavy (non-hydrogen) atoms. The Kier molecular flexibility index (Phi) is 5.93. The first-order valence-corrected chi connectivity index (χ1v) is 13.3. The van der Waals surface area contributed by atoms with Gasteiger partial charge in [0.15, 0.2) is 0 Å². The van der Waals surface area contributed by atoms with Crippen LogP contribution in [0.1, 0.15) is 55.0 Å². The predicted molar refractivity (Wildman–Crippen MR) is 147 cm³/mol. The summed E-state index contributed by atoms with van der Waals surface area (Å²) < 4.78 is 5.28. The number of hydrogen-bond acceptors (Lipinski definition) is 5. The Morgan fingerprint density at radius 1 is 1.10 bits per heavy atom. The fraction of sp³-hybridized carbons (Fsp3) is 0.355. The lowest BCUT2D eigenvalue weighted by molar-refractivity contribution is -0.150. The van der Waals surface area contributed by atoms with Gasteiger partial charge >= 0.3 is 0 Å². The van der Waals surface area contributed by atoms with E-state index in [0.29, 0.717) is 24.3 Å². The molecule has 2 atom stereocenters. The number of likely N-dealkylation sites (tertiary alicyclic amines) is 1. The zero-order valence-corrected chi connectivity index (χ0v) is 22.4. The first-order valence-electron chi connectivity index (χ1n) is 13.3. The Balaban J connectivity index is 1.20. The summed E-state index contributed by atoms with van der Waals surface area (Å²) in [6.45, 7) is 3.84. The van der Waals surface area contributed by atoms with Gasteiger partial charge in [-0.25, -0.2) is 4.98 Å². The van der Waals surface area contributed by atoms with Crippen LogP contribution in [-0.4, -0.2) is 41.3 Å². The van der Waals surface area contributed by atoms with Gasteiger partial charge in [0, 0.05) is 22.9 Å². The summed E-state index contributed by atoms with van der Waals surface area (Å²) in [5.74, 6) is 1.07. The van der Waals surface area contributed by atoms with Gasteiger partial charge < -0.3 is 20.3 Å². The van der Waals surface area contributed by atoms with Crippen molar-refractivity contribution < 1.29 is 19.1 Å². The molecule has 6 rings (SSSR count). The van der Waals surface area contributed by atoms with Crippen LogP contribution < -0.4 is 15.4 Å². The number of anilines is 2. The smallest absolute Gasteiger partial charge is 0.244 e. The average molecular weight is 525 g/mol. The lowest BCUT2D eigenvalue weighted by Gasteiger charge is -2.43. The molecule has 2 aromatic carbocycles. The normalized spacial score (nSPS) is 22.8. The van der Waals surface area contributed by atoms with Gasteiger partial charge in [-0.05, 0) is 72.7 Å². The second-order valence-electron chi connectivity index (χ2n) is 11.5. The summed E-state index contributed by atoms with van der Waals surface area (Å²) in [7, 11) is 1.62. The third kappa shape index (κ3) is 4.24. The molecule has 0 bridgehead atoms. The standard InChI is InChI=1S/C31H32N4O4/c1-30(2)13-12-25(19-7-10-23(39-3)11-8-19)35(29(30)38)18-26(36)33-22-9-6-20-16-31(17-21(20)15-22)24-5-4-14-32-27(24)34-28(31)37/h4-11,14-15,25H,12-13,16-18H2,1-3H3,(H,33,36)(H,32,34,37)/t25-,31?/m0/s1. The number of methoxy groups -OCH3 is 1. The summed E-state index contributed by atoms with van der Waals surface area (Å²) in [6.07, 6.45) is 4.36. The topological polar surface area (TPSA) is 101 Å². The molecule has 1 fully saturated rings. The third-order valence-electron chi connectivity index (χ3n) is 8.54. The maximum atomic E-state index is 13.4. The highest BCUT2D eigenvalue weighted by atomic mass is 16.5. The lowest BCUT2D eigenvalue weighted by Crippen LogP contribution is -2.50. The lowest BCUT2D eigenvalue weighted by atomic mass is 9.78. The van der Waals surface area contributed by atoms with Crippen molar-refractivity contribution in [3.05, 3.63) is 83.0 Å². The number of nitrogens with zero attached hydrogens (tertiary/aromatic N) is 2. The molecule has 3 amide bonds. The third-order valence-corrected chi connectivity index (χ3v) is 8.54. The second kappa shape index (κ2) is 9.22. The fourth-order valence-corrected chi connectivity index (χ4v) is 6.35. The monoisotopic (exact) mass is 524 g/mol. The van der Waals surface area contributed by atoms with E-state index in [-0.39, 0.29) is 30.3 Å².